The summed E-state index contributed by atoms with van der Waals surface area (Å²) in [5, 5.41) is 11.4. The molecule has 0 saturated carbocycles. The Morgan fingerprint density at radius 2 is 2.18 bits per heavy atom. The molecule has 0 fully saturated rings. The lowest BCUT2D eigenvalue weighted by Gasteiger charge is -2.07. The van der Waals surface area contributed by atoms with Gasteiger partial charge in [-0.2, -0.15) is 0 Å². The van der Waals surface area contributed by atoms with Crippen molar-refractivity contribution in [2.45, 2.75) is 19.8 Å². The summed E-state index contributed by atoms with van der Waals surface area (Å²) in [7, 11) is 1.63. The summed E-state index contributed by atoms with van der Waals surface area (Å²) in [5.41, 5.74) is 0. The highest BCUT2D eigenvalue weighted by atomic mass is 32.2. The summed E-state index contributed by atoms with van der Waals surface area (Å²) in [6.45, 7) is 2.86. The minimum absolute atomic E-state index is 0.00548. The van der Waals surface area contributed by atoms with E-state index in [-0.39, 0.29) is 11.8 Å². The minimum Gasteiger partial charge on any atom is -0.481 e. The van der Waals surface area contributed by atoms with Crippen LogP contribution in [0.4, 0.5) is 0 Å². The van der Waals surface area contributed by atoms with Gasteiger partial charge in [0, 0.05) is 19.4 Å². The van der Waals surface area contributed by atoms with E-state index in [9.17, 15) is 9.59 Å². The van der Waals surface area contributed by atoms with Gasteiger partial charge in [-0.3, -0.25) is 9.59 Å². The van der Waals surface area contributed by atoms with Gasteiger partial charge in [-0.05, 0) is 12.8 Å². The molecule has 0 aliphatic carbocycles. The highest BCUT2D eigenvalue weighted by molar-refractivity contribution is 7.99. The van der Waals surface area contributed by atoms with E-state index in [1.807, 2.05) is 0 Å². The van der Waals surface area contributed by atoms with Crippen LogP contribution in [0, 0.1) is 5.92 Å². The van der Waals surface area contributed by atoms with Crippen LogP contribution in [-0.2, 0) is 14.3 Å². The van der Waals surface area contributed by atoms with Crippen molar-refractivity contribution in [2.75, 3.05) is 31.8 Å². The van der Waals surface area contributed by atoms with E-state index >= 15 is 0 Å². The van der Waals surface area contributed by atoms with Gasteiger partial charge in [0.1, 0.15) is 0 Å². The third-order valence-corrected chi connectivity index (χ3v) is 3.14. The number of carboxylic acids is 1. The van der Waals surface area contributed by atoms with Gasteiger partial charge in [0.05, 0.1) is 18.3 Å². The number of carbonyl (C=O) groups is 2. The lowest BCUT2D eigenvalue weighted by molar-refractivity contribution is -0.141. The van der Waals surface area contributed by atoms with Crippen molar-refractivity contribution in [1.82, 2.24) is 5.32 Å². The summed E-state index contributed by atoms with van der Waals surface area (Å²) >= 11 is 1.52. The largest absolute Gasteiger partial charge is 0.481 e. The Morgan fingerprint density at radius 1 is 1.47 bits per heavy atom. The first kappa shape index (κ1) is 16.2. The van der Waals surface area contributed by atoms with Crippen LogP contribution < -0.4 is 5.32 Å². The molecule has 17 heavy (non-hydrogen) atoms. The van der Waals surface area contributed by atoms with Crippen molar-refractivity contribution in [1.29, 1.82) is 0 Å². The number of nitrogens with one attached hydrogen (secondary N) is 1. The Balaban J connectivity index is 3.36. The maximum atomic E-state index is 11.3. The lowest BCUT2D eigenvalue weighted by atomic mass is 10.1. The smallest absolute Gasteiger partial charge is 0.306 e. The van der Waals surface area contributed by atoms with Crippen LogP contribution in [0.2, 0.25) is 0 Å². The van der Waals surface area contributed by atoms with Crippen LogP contribution in [0.5, 0.6) is 0 Å². The van der Waals surface area contributed by atoms with Crippen molar-refractivity contribution < 1.29 is 19.4 Å². The number of amides is 1. The number of thioether (sulfide) groups is 1. The first-order chi connectivity index (χ1) is 8.07. The van der Waals surface area contributed by atoms with Crippen molar-refractivity contribution in [3.05, 3.63) is 0 Å². The van der Waals surface area contributed by atoms with Crippen LogP contribution in [0.15, 0.2) is 0 Å². The molecule has 6 heteroatoms. The molecule has 0 radical (unpaired) electrons. The molecule has 0 aromatic carbocycles. The summed E-state index contributed by atoms with van der Waals surface area (Å²) in [5.74, 6) is 0.0983. The zero-order valence-electron chi connectivity index (χ0n) is 10.4. The van der Waals surface area contributed by atoms with Gasteiger partial charge >= 0.3 is 5.97 Å². The monoisotopic (exact) mass is 263 g/mol. The van der Waals surface area contributed by atoms with E-state index in [0.717, 1.165) is 5.75 Å². The number of carboxylic acid groups (broad SMARTS) is 1. The Hall–Kier alpha value is -0.750. The molecule has 2 N–H and O–H groups in total. The van der Waals surface area contributed by atoms with Crippen LogP contribution in [0.25, 0.3) is 0 Å². The van der Waals surface area contributed by atoms with Gasteiger partial charge in [-0.1, -0.05) is 6.92 Å². The molecule has 100 valence electrons. The third-order valence-electron chi connectivity index (χ3n) is 2.22. The van der Waals surface area contributed by atoms with E-state index in [2.05, 4.69) is 5.32 Å². The van der Waals surface area contributed by atoms with Crippen molar-refractivity contribution >= 4 is 23.6 Å². The Labute approximate surface area is 106 Å². The fraction of sp³-hybridized carbons (Fsp3) is 0.818. The Morgan fingerprint density at radius 3 is 2.76 bits per heavy atom. The van der Waals surface area contributed by atoms with Crippen LogP contribution in [-0.4, -0.2) is 48.8 Å². The number of aliphatic carboxylic acids is 1. The first-order valence-corrected chi connectivity index (χ1v) is 6.79. The second kappa shape index (κ2) is 10.4. The number of rotatable bonds is 10. The quantitative estimate of drug-likeness (QED) is 0.575. The molecule has 0 aliphatic rings. The summed E-state index contributed by atoms with van der Waals surface area (Å²) < 4.78 is 4.86. The van der Waals surface area contributed by atoms with Crippen molar-refractivity contribution in [3.63, 3.8) is 0 Å². The maximum absolute atomic E-state index is 11.3. The standard InChI is InChI=1S/C11H21NO4S/c1-9(11(14)15)4-3-5-12-10(13)8-17-7-6-16-2/h9H,3-8H2,1-2H3,(H,12,13)(H,14,15). The third kappa shape index (κ3) is 10.1. The molecule has 1 atom stereocenters. The van der Waals surface area contributed by atoms with Gasteiger partial charge in [0.15, 0.2) is 0 Å². The molecular formula is C11H21NO4S. The molecule has 5 nitrogen and oxygen atoms in total. The van der Waals surface area contributed by atoms with E-state index in [4.69, 9.17) is 9.84 Å². The fourth-order valence-corrected chi connectivity index (χ4v) is 1.83. The van der Waals surface area contributed by atoms with Crippen LogP contribution in [0.1, 0.15) is 19.8 Å². The molecule has 0 spiro atoms. The predicted octanol–water partition coefficient (Wildman–Crippen LogP) is 0.983. The fourth-order valence-electron chi connectivity index (χ4n) is 1.12. The molecule has 1 unspecified atom stereocenters. The second-order valence-electron chi connectivity index (χ2n) is 3.78. The molecule has 0 rings (SSSR count). The van der Waals surface area contributed by atoms with Crippen LogP contribution in [0.3, 0.4) is 0 Å². The zero-order chi connectivity index (χ0) is 13.1. The topological polar surface area (TPSA) is 75.6 Å². The number of hydrogen-bond donors (Lipinski definition) is 2. The van der Waals surface area contributed by atoms with Crippen LogP contribution >= 0.6 is 11.8 Å². The Bertz CT molecular complexity index is 236. The highest BCUT2D eigenvalue weighted by Crippen LogP contribution is 2.04. The molecular weight excluding hydrogens is 242 g/mol. The maximum Gasteiger partial charge on any atom is 0.306 e. The average Bonchev–Trinajstić information content (AvgIpc) is 2.29. The van der Waals surface area contributed by atoms with Gasteiger partial charge in [-0.15, -0.1) is 11.8 Å². The van der Waals surface area contributed by atoms with E-state index in [1.165, 1.54) is 11.8 Å². The lowest BCUT2D eigenvalue weighted by Crippen LogP contribution is -2.27. The second-order valence-corrected chi connectivity index (χ2v) is 4.88. The number of ether oxygens (including phenoxy) is 1. The number of hydrogen-bond acceptors (Lipinski definition) is 4. The summed E-state index contributed by atoms with van der Waals surface area (Å²) in [4.78, 5) is 21.8. The normalized spacial score (nSPS) is 12.1. The SMILES string of the molecule is COCCSCC(=O)NCCCC(C)C(=O)O. The van der Waals surface area contributed by atoms with E-state index < -0.39 is 5.97 Å². The predicted molar refractivity (Wildman–Crippen MR) is 68.2 cm³/mol. The molecule has 0 aromatic rings. The van der Waals surface area contributed by atoms with Crippen molar-refractivity contribution in [3.8, 4) is 0 Å². The Kier molecular flexibility index (Phi) is 9.95. The molecule has 0 heterocycles. The first-order valence-electron chi connectivity index (χ1n) is 5.64. The minimum atomic E-state index is -0.786. The van der Waals surface area contributed by atoms with E-state index in [0.29, 0.717) is 31.7 Å². The number of methoxy groups -OCH3 is 1. The van der Waals surface area contributed by atoms with Gasteiger partial charge in [0.2, 0.25) is 5.91 Å². The summed E-state index contributed by atoms with van der Waals surface area (Å²) in [6.07, 6.45) is 1.29. The molecule has 0 saturated heterocycles. The van der Waals surface area contributed by atoms with Gasteiger partial charge < -0.3 is 15.2 Å². The molecule has 1 amide bonds. The number of carbonyl (C=O) groups excluding carboxylic acids is 1. The zero-order valence-corrected chi connectivity index (χ0v) is 11.2. The summed E-state index contributed by atoms with van der Waals surface area (Å²) in [6, 6.07) is 0. The van der Waals surface area contributed by atoms with Crippen molar-refractivity contribution in [2.24, 2.45) is 5.92 Å². The van der Waals surface area contributed by atoms with Gasteiger partial charge in [0.25, 0.3) is 0 Å². The molecule has 0 aliphatic heterocycles. The average molecular weight is 263 g/mol. The van der Waals surface area contributed by atoms with E-state index in [1.54, 1.807) is 14.0 Å². The highest BCUT2D eigenvalue weighted by Gasteiger charge is 2.09. The molecule has 0 bridgehead atoms. The van der Waals surface area contributed by atoms with Gasteiger partial charge in [-0.25, -0.2) is 0 Å². The molecule has 0 aromatic heterocycles.